The Hall–Kier alpha value is 1.77. The molecular formula is C8H16NRb. The van der Waals surface area contributed by atoms with Crippen molar-refractivity contribution in [3.63, 3.8) is 0 Å². The van der Waals surface area contributed by atoms with Crippen LogP contribution in [0.4, 0.5) is 0 Å². The van der Waals surface area contributed by atoms with Gasteiger partial charge in [-0.15, -0.1) is 6.54 Å². The molecule has 1 heterocycles. The van der Waals surface area contributed by atoms with Crippen LogP contribution in [0.15, 0.2) is 0 Å². The summed E-state index contributed by atoms with van der Waals surface area (Å²) in [7, 11) is 0. The van der Waals surface area contributed by atoms with Gasteiger partial charge >= 0.3 is 58.2 Å². The van der Waals surface area contributed by atoms with Crippen molar-refractivity contribution in [1.82, 2.24) is 5.32 Å². The Kier molecular flexibility index (Phi) is 5.54. The zero-order valence-corrected chi connectivity index (χ0v) is 12.5. The van der Waals surface area contributed by atoms with E-state index in [0.717, 1.165) is 6.54 Å². The Morgan fingerprint density at radius 1 is 1.40 bits per heavy atom. The van der Waals surface area contributed by atoms with Crippen molar-refractivity contribution in [1.29, 1.82) is 0 Å². The predicted molar refractivity (Wildman–Crippen MR) is 40.2 cm³/mol. The van der Waals surface area contributed by atoms with Gasteiger partial charge in [0.15, 0.2) is 0 Å². The Morgan fingerprint density at radius 2 is 2.00 bits per heavy atom. The molecular weight excluding hydrogens is 196 g/mol. The first-order valence-electron chi connectivity index (χ1n) is 3.66. The number of rotatable bonds is 0. The molecule has 1 rings (SSSR count). The molecule has 1 nitrogen and oxygen atoms in total. The van der Waals surface area contributed by atoms with Gasteiger partial charge in [-0.05, 0) is 11.5 Å². The quantitative estimate of drug-likeness (QED) is 0.487. The van der Waals surface area contributed by atoms with E-state index in [1.165, 1.54) is 6.42 Å². The van der Waals surface area contributed by atoms with Crippen LogP contribution in [0.2, 0.25) is 0 Å². The van der Waals surface area contributed by atoms with Crippen molar-refractivity contribution in [2.45, 2.75) is 33.2 Å². The molecule has 1 unspecified atom stereocenters. The molecule has 1 N–H and O–H groups in total. The van der Waals surface area contributed by atoms with Gasteiger partial charge in [0.2, 0.25) is 0 Å². The molecule has 0 aromatic carbocycles. The summed E-state index contributed by atoms with van der Waals surface area (Å²) in [6.07, 6.45) is 3.55. The molecule has 1 aliphatic heterocycles. The second-order valence-corrected chi connectivity index (χ2v) is 3.85. The van der Waals surface area contributed by atoms with Crippen molar-refractivity contribution in [3.8, 4) is 0 Å². The first kappa shape index (κ1) is 11.8. The molecule has 1 fully saturated rings. The van der Waals surface area contributed by atoms with Crippen LogP contribution >= 0.6 is 0 Å². The third kappa shape index (κ3) is 3.44. The summed E-state index contributed by atoms with van der Waals surface area (Å²) in [4.78, 5) is 0. The van der Waals surface area contributed by atoms with Gasteiger partial charge in [0.25, 0.3) is 0 Å². The second-order valence-electron chi connectivity index (χ2n) is 3.85. The van der Waals surface area contributed by atoms with E-state index in [9.17, 15) is 0 Å². The number of hydrogen-bond acceptors (Lipinski definition) is 1. The maximum atomic E-state index is 3.44. The van der Waals surface area contributed by atoms with Crippen molar-refractivity contribution in [2.24, 2.45) is 5.41 Å². The average molecular weight is 212 g/mol. The first-order chi connectivity index (χ1) is 4.11. The molecule has 1 atom stereocenters. The minimum Gasteiger partial charge on any atom is -0.345 e. The fourth-order valence-corrected chi connectivity index (χ4v) is 1.22. The van der Waals surface area contributed by atoms with E-state index >= 15 is 0 Å². The standard InChI is InChI=1S/C8H16N.Rb/c1-8(2,3)7-5-4-6-9-7;/h4,7,9H,5-6H2,1-3H3;/q-1;+1. The molecule has 0 amide bonds. The van der Waals surface area contributed by atoms with E-state index in [1.807, 2.05) is 0 Å². The molecule has 0 radical (unpaired) electrons. The monoisotopic (exact) mass is 211 g/mol. The van der Waals surface area contributed by atoms with Crippen LogP contribution in [0.25, 0.3) is 0 Å². The zero-order chi connectivity index (χ0) is 6.91. The molecule has 0 aromatic heterocycles. The summed E-state index contributed by atoms with van der Waals surface area (Å²) in [5.74, 6) is 0. The summed E-state index contributed by atoms with van der Waals surface area (Å²) in [6.45, 7) is 7.94. The summed E-state index contributed by atoms with van der Waals surface area (Å²) in [5, 5.41) is 3.44. The third-order valence-corrected chi connectivity index (χ3v) is 1.96. The van der Waals surface area contributed by atoms with E-state index in [-0.39, 0.29) is 58.2 Å². The molecule has 0 spiro atoms. The fourth-order valence-electron chi connectivity index (χ4n) is 1.22. The van der Waals surface area contributed by atoms with E-state index < -0.39 is 0 Å². The normalized spacial score (nSPS) is 26.1. The Bertz CT molecular complexity index is 89.9. The Morgan fingerprint density at radius 3 is 2.20 bits per heavy atom. The van der Waals surface area contributed by atoms with Crippen LogP contribution in [-0.4, -0.2) is 12.6 Å². The topological polar surface area (TPSA) is 12.0 Å². The molecule has 1 saturated heterocycles. The van der Waals surface area contributed by atoms with Crippen LogP contribution < -0.4 is 63.5 Å². The number of nitrogens with one attached hydrogen (secondary N) is 1. The molecule has 2 heteroatoms. The van der Waals surface area contributed by atoms with Gasteiger partial charge in [-0.3, -0.25) is 0 Å². The summed E-state index contributed by atoms with van der Waals surface area (Å²) >= 11 is 0. The van der Waals surface area contributed by atoms with Crippen LogP contribution in [0.5, 0.6) is 0 Å². The maximum absolute atomic E-state index is 3.44. The third-order valence-electron chi connectivity index (χ3n) is 1.96. The summed E-state index contributed by atoms with van der Waals surface area (Å²) < 4.78 is 0. The van der Waals surface area contributed by atoms with Gasteiger partial charge < -0.3 is 11.7 Å². The molecule has 0 aromatic rings. The van der Waals surface area contributed by atoms with Gasteiger partial charge in [-0.1, -0.05) is 20.8 Å². The number of hydrogen-bond donors (Lipinski definition) is 1. The molecule has 1 aliphatic rings. The summed E-state index contributed by atoms with van der Waals surface area (Å²) in [5.41, 5.74) is 0.438. The molecule has 10 heavy (non-hydrogen) atoms. The molecule has 0 saturated carbocycles. The van der Waals surface area contributed by atoms with E-state index in [1.54, 1.807) is 0 Å². The van der Waals surface area contributed by atoms with Gasteiger partial charge in [0.05, 0.1) is 0 Å². The van der Waals surface area contributed by atoms with Gasteiger partial charge in [-0.25, -0.2) is 0 Å². The van der Waals surface area contributed by atoms with Gasteiger partial charge in [-0.2, -0.15) is 6.42 Å². The first-order valence-corrected chi connectivity index (χ1v) is 3.66. The Balaban J connectivity index is 0.000000810. The second kappa shape index (κ2) is 4.71. The molecule has 0 bridgehead atoms. The van der Waals surface area contributed by atoms with Gasteiger partial charge in [0, 0.05) is 0 Å². The predicted octanol–water partition coefficient (Wildman–Crippen LogP) is -1.40. The van der Waals surface area contributed by atoms with Crippen molar-refractivity contribution >= 4 is 0 Å². The van der Waals surface area contributed by atoms with Crippen molar-refractivity contribution < 1.29 is 58.2 Å². The van der Waals surface area contributed by atoms with E-state index in [4.69, 9.17) is 0 Å². The van der Waals surface area contributed by atoms with Crippen LogP contribution in [0.1, 0.15) is 27.2 Å². The molecule has 54 valence electrons. The van der Waals surface area contributed by atoms with Crippen molar-refractivity contribution in [2.75, 3.05) is 6.54 Å². The maximum Gasteiger partial charge on any atom is 1.00 e. The smallest absolute Gasteiger partial charge is 0.345 e. The van der Waals surface area contributed by atoms with E-state index in [0.29, 0.717) is 11.5 Å². The van der Waals surface area contributed by atoms with Crippen LogP contribution in [0, 0.1) is 11.8 Å². The Labute approximate surface area is 113 Å². The van der Waals surface area contributed by atoms with Crippen LogP contribution in [0.3, 0.4) is 0 Å². The SMILES string of the molecule is CC(C)(C)C1C[CH-]CN1.[Rb+]. The summed E-state index contributed by atoms with van der Waals surface area (Å²) in [6, 6.07) is 0.706. The zero-order valence-electron chi connectivity index (χ0n) is 7.57. The van der Waals surface area contributed by atoms with E-state index in [2.05, 4.69) is 32.5 Å². The minimum atomic E-state index is 0. The largest absolute Gasteiger partial charge is 1.00 e. The van der Waals surface area contributed by atoms with Crippen LogP contribution in [-0.2, 0) is 0 Å². The molecule has 0 aliphatic carbocycles. The fraction of sp³-hybridized carbons (Fsp3) is 0.875. The van der Waals surface area contributed by atoms with Gasteiger partial charge in [0.1, 0.15) is 0 Å². The van der Waals surface area contributed by atoms with Crippen molar-refractivity contribution in [3.05, 3.63) is 6.42 Å². The average Bonchev–Trinajstić information content (AvgIpc) is 2.08. The minimum absolute atomic E-state index is 0.